The zero-order valence-electron chi connectivity index (χ0n) is 20.5. The van der Waals surface area contributed by atoms with E-state index in [9.17, 15) is 18.7 Å². The maximum absolute atomic E-state index is 13.7. The average molecular weight is 494 g/mol. The molecule has 1 amide bonds. The number of aromatic nitrogens is 1. The normalized spacial score (nSPS) is 21.5. The molecule has 36 heavy (non-hydrogen) atoms. The number of alkyl halides is 2. The topological polar surface area (TPSA) is 74.7 Å². The summed E-state index contributed by atoms with van der Waals surface area (Å²) in [6.07, 6.45) is 1.82. The molecule has 0 saturated carbocycles. The molecule has 2 aromatic carbocycles. The monoisotopic (exact) mass is 493 g/mol. The van der Waals surface area contributed by atoms with Gasteiger partial charge >= 0.3 is 0 Å². The number of fused-ring (bicyclic) bond motifs is 3. The zero-order valence-corrected chi connectivity index (χ0v) is 20.5. The molecule has 1 aromatic heterocycles. The molecule has 1 fully saturated rings. The Balaban J connectivity index is 1.46. The lowest BCUT2D eigenvalue weighted by molar-refractivity contribution is 0.00420. The van der Waals surface area contributed by atoms with Gasteiger partial charge in [0, 0.05) is 48.6 Å². The van der Waals surface area contributed by atoms with Gasteiger partial charge in [0.1, 0.15) is 5.69 Å². The Kier molecular flexibility index (Phi) is 6.04. The summed E-state index contributed by atoms with van der Waals surface area (Å²) < 4.78 is 33.0. The third-order valence-corrected chi connectivity index (χ3v) is 7.03. The number of pyridine rings is 1. The minimum Gasteiger partial charge on any atom is -0.385 e. The van der Waals surface area contributed by atoms with E-state index in [4.69, 9.17) is 4.74 Å². The van der Waals surface area contributed by atoms with Gasteiger partial charge in [-0.3, -0.25) is 9.78 Å². The smallest absolute Gasteiger partial charge is 0.286 e. The summed E-state index contributed by atoms with van der Waals surface area (Å²) in [6.45, 7) is 6.58. The maximum Gasteiger partial charge on any atom is 0.286 e. The average Bonchev–Trinajstić information content (AvgIpc) is 2.84. The van der Waals surface area contributed by atoms with Crippen LogP contribution in [0.4, 0.5) is 20.2 Å². The fourth-order valence-corrected chi connectivity index (χ4v) is 5.13. The number of carbonyl (C=O) groups is 1. The molecular formula is C28H29F2N3O3. The van der Waals surface area contributed by atoms with E-state index in [0.29, 0.717) is 25.3 Å². The summed E-state index contributed by atoms with van der Waals surface area (Å²) >= 11 is 0. The minimum atomic E-state index is -3.14. The van der Waals surface area contributed by atoms with E-state index in [1.165, 1.54) is 12.3 Å². The summed E-state index contributed by atoms with van der Waals surface area (Å²) in [5.74, 6) is -3.63. The number of anilines is 2. The number of ether oxygens (including phenoxy) is 1. The van der Waals surface area contributed by atoms with Gasteiger partial charge in [-0.25, -0.2) is 0 Å². The third-order valence-electron chi connectivity index (χ3n) is 7.03. The van der Waals surface area contributed by atoms with Crippen molar-refractivity contribution in [1.29, 1.82) is 0 Å². The van der Waals surface area contributed by atoms with Crippen LogP contribution in [0, 0.1) is 6.92 Å². The Hall–Kier alpha value is -3.36. The molecule has 2 atom stereocenters. The molecule has 2 aliphatic rings. The lowest BCUT2D eigenvalue weighted by Gasteiger charge is -2.47. The third kappa shape index (κ3) is 4.58. The van der Waals surface area contributed by atoms with E-state index in [-0.39, 0.29) is 11.6 Å². The molecule has 5 rings (SSSR count). The fraction of sp³-hybridized carbons (Fsp3) is 0.357. The quantitative estimate of drug-likeness (QED) is 0.520. The van der Waals surface area contributed by atoms with Gasteiger partial charge in [0.05, 0.1) is 24.9 Å². The number of aryl methyl sites for hydroxylation is 1. The number of morpholine rings is 1. The Bertz CT molecular complexity index is 1320. The Morgan fingerprint density at radius 2 is 2.03 bits per heavy atom. The van der Waals surface area contributed by atoms with E-state index in [1.54, 1.807) is 6.07 Å². The highest BCUT2D eigenvalue weighted by atomic mass is 19.3. The van der Waals surface area contributed by atoms with Crippen molar-refractivity contribution in [2.24, 2.45) is 0 Å². The van der Waals surface area contributed by atoms with Gasteiger partial charge in [0.25, 0.3) is 11.8 Å². The molecule has 1 saturated heterocycles. The summed E-state index contributed by atoms with van der Waals surface area (Å²) in [4.78, 5) is 18.8. The molecule has 0 spiro atoms. The van der Waals surface area contributed by atoms with Crippen molar-refractivity contribution >= 4 is 17.3 Å². The number of rotatable bonds is 4. The second-order valence-corrected chi connectivity index (χ2v) is 9.93. The molecule has 188 valence electrons. The summed E-state index contributed by atoms with van der Waals surface area (Å²) in [5.41, 5.74) is 4.07. The molecule has 2 aliphatic heterocycles. The van der Waals surface area contributed by atoms with Crippen LogP contribution in [0.5, 0.6) is 0 Å². The predicted molar refractivity (Wildman–Crippen MR) is 135 cm³/mol. The van der Waals surface area contributed by atoms with Gasteiger partial charge < -0.3 is 20.1 Å². The highest BCUT2D eigenvalue weighted by Gasteiger charge is 2.40. The largest absolute Gasteiger partial charge is 0.385 e. The van der Waals surface area contributed by atoms with Crippen molar-refractivity contribution in [3.05, 3.63) is 77.1 Å². The van der Waals surface area contributed by atoms with Gasteiger partial charge in [0.2, 0.25) is 0 Å². The van der Waals surface area contributed by atoms with E-state index >= 15 is 0 Å². The van der Waals surface area contributed by atoms with Crippen molar-refractivity contribution in [1.82, 2.24) is 4.98 Å². The van der Waals surface area contributed by atoms with Crippen LogP contribution < -0.4 is 10.2 Å². The Morgan fingerprint density at radius 3 is 2.81 bits per heavy atom. The first-order valence-corrected chi connectivity index (χ1v) is 12.0. The van der Waals surface area contributed by atoms with Gasteiger partial charge in [-0.1, -0.05) is 18.2 Å². The second kappa shape index (κ2) is 8.94. The Labute approximate surface area is 208 Å². The van der Waals surface area contributed by atoms with Crippen molar-refractivity contribution < 1.29 is 23.4 Å². The molecular weight excluding hydrogens is 464 g/mol. The number of halogens is 2. The molecule has 8 heteroatoms. The van der Waals surface area contributed by atoms with Gasteiger partial charge in [0.15, 0.2) is 0 Å². The van der Waals surface area contributed by atoms with Crippen LogP contribution in [0.25, 0.3) is 11.1 Å². The van der Waals surface area contributed by atoms with Gasteiger partial charge in [-0.15, -0.1) is 0 Å². The highest BCUT2D eigenvalue weighted by Crippen LogP contribution is 2.44. The van der Waals surface area contributed by atoms with E-state index < -0.39 is 23.1 Å². The van der Waals surface area contributed by atoms with Gasteiger partial charge in [-0.2, -0.15) is 8.78 Å². The molecule has 2 N–H and O–H groups in total. The predicted octanol–water partition coefficient (Wildman–Crippen LogP) is 5.24. The van der Waals surface area contributed by atoms with Crippen LogP contribution in [0.1, 0.15) is 47.4 Å². The number of benzene rings is 2. The summed E-state index contributed by atoms with van der Waals surface area (Å²) in [6, 6.07) is 14.3. The first-order valence-electron chi connectivity index (χ1n) is 12.0. The van der Waals surface area contributed by atoms with Crippen LogP contribution in [-0.4, -0.2) is 41.8 Å². The van der Waals surface area contributed by atoms with E-state index in [0.717, 1.165) is 47.5 Å². The van der Waals surface area contributed by atoms with E-state index in [2.05, 4.69) is 21.3 Å². The SMILES string of the molecule is Cc1ccc(NC(=O)c2ccnc(C(C)(F)F)c2)cc1-c1ccc2c(c1)N1CCOCC1CC2(C)O. The van der Waals surface area contributed by atoms with Crippen LogP contribution >= 0.6 is 0 Å². The van der Waals surface area contributed by atoms with Crippen molar-refractivity contribution in [3.8, 4) is 11.1 Å². The molecule has 3 aromatic rings. The van der Waals surface area contributed by atoms with Crippen LogP contribution in [0.15, 0.2) is 54.7 Å². The Morgan fingerprint density at radius 1 is 1.22 bits per heavy atom. The fourth-order valence-electron chi connectivity index (χ4n) is 5.13. The molecule has 3 heterocycles. The first kappa shape index (κ1) is 24.3. The number of hydrogen-bond acceptors (Lipinski definition) is 5. The van der Waals surface area contributed by atoms with Gasteiger partial charge in [-0.05, 0) is 60.9 Å². The second-order valence-electron chi connectivity index (χ2n) is 9.93. The summed E-state index contributed by atoms with van der Waals surface area (Å²) in [5, 5.41) is 13.9. The first-order chi connectivity index (χ1) is 17.0. The molecule has 6 nitrogen and oxygen atoms in total. The molecule has 0 radical (unpaired) electrons. The maximum atomic E-state index is 13.7. The number of nitrogens with zero attached hydrogens (tertiary/aromatic N) is 2. The van der Waals surface area contributed by atoms with Crippen molar-refractivity contribution in [3.63, 3.8) is 0 Å². The van der Waals surface area contributed by atoms with Crippen LogP contribution in [-0.2, 0) is 16.3 Å². The van der Waals surface area contributed by atoms with E-state index in [1.807, 2.05) is 38.1 Å². The number of amides is 1. The molecule has 2 unspecified atom stereocenters. The lowest BCUT2D eigenvalue weighted by atomic mass is 9.81. The minimum absolute atomic E-state index is 0.109. The molecule has 0 aliphatic carbocycles. The summed E-state index contributed by atoms with van der Waals surface area (Å²) in [7, 11) is 0. The number of carbonyl (C=O) groups excluding carboxylic acids is 1. The van der Waals surface area contributed by atoms with Crippen LogP contribution in [0.2, 0.25) is 0 Å². The lowest BCUT2D eigenvalue weighted by Crippen LogP contribution is -2.52. The van der Waals surface area contributed by atoms with Crippen molar-refractivity contribution in [2.75, 3.05) is 30.0 Å². The number of nitrogens with one attached hydrogen (secondary N) is 1. The standard InChI is InChI=1S/C28H29F2N3O3/c1-17-4-6-20(32-26(34)19-8-9-31-25(13-19)28(3,29)30)14-22(17)18-5-7-23-24(12-18)33-10-11-36-16-21(33)15-27(23,2)35/h4-9,12-14,21,35H,10-11,15-16H2,1-3H3,(H,32,34). The number of aliphatic hydroxyl groups is 1. The zero-order chi connectivity index (χ0) is 25.7. The number of hydrogen-bond donors (Lipinski definition) is 2. The van der Waals surface area contributed by atoms with Crippen molar-refractivity contribution in [2.45, 2.75) is 44.8 Å². The highest BCUT2D eigenvalue weighted by molar-refractivity contribution is 6.04. The van der Waals surface area contributed by atoms with Crippen LogP contribution in [0.3, 0.4) is 0 Å². The molecule has 0 bridgehead atoms.